The zero-order valence-electron chi connectivity index (χ0n) is 8.18. The molecule has 0 unspecified atom stereocenters. The summed E-state index contributed by atoms with van der Waals surface area (Å²) in [5.41, 5.74) is 7.97. The van der Waals surface area contributed by atoms with Gasteiger partial charge >= 0.3 is 0 Å². The van der Waals surface area contributed by atoms with Crippen molar-refractivity contribution in [3.05, 3.63) is 35.1 Å². The van der Waals surface area contributed by atoms with Crippen molar-refractivity contribution in [2.75, 3.05) is 0 Å². The Morgan fingerprint density at radius 1 is 1.38 bits per heavy atom. The van der Waals surface area contributed by atoms with E-state index in [1.165, 1.54) is 6.07 Å². The molecule has 2 heteroatoms. The molecule has 2 N–H and O–H groups in total. The SMILES string of the molecule is CCc1ccc(F)cc1[C@@H](N)CC. The van der Waals surface area contributed by atoms with Crippen LogP contribution in [0.2, 0.25) is 0 Å². The van der Waals surface area contributed by atoms with Gasteiger partial charge in [0.25, 0.3) is 0 Å². The summed E-state index contributed by atoms with van der Waals surface area (Å²) < 4.78 is 12.9. The van der Waals surface area contributed by atoms with E-state index in [0.717, 1.165) is 24.0 Å². The van der Waals surface area contributed by atoms with Crippen molar-refractivity contribution >= 4 is 0 Å². The van der Waals surface area contributed by atoms with E-state index in [0.29, 0.717) is 0 Å². The maximum atomic E-state index is 12.9. The molecule has 0 saturated carbocycles. The van der Waals surface area contributed by atoms with Crippen molar-refractivity contribution in [1.82, 2.24) is 0 Å². The number of nitrogens with two attached hydrogens (primary N) is 1. The van der Waals surface area contributed by atoms with Gasteiger partial charge in [-0.1, -0.05) is 19.9 Å². The van der Waals surface area contributed by atoms with E-state index >= 15 is 0 Å². The van der Waals surface area contributed by atoms with E-state index in [4.69, 9.17) is 5.73 Å². The monoisotopic (exact) mass is 181 g/mol. The predicted octanol–water partition coefficient (Wildman–Crippen LogP) is 2.80. The van der Waals surface area contributed by atoms with Crippen molar-refractivity contribution in [2.24, 2.45) is 5.73 Å². The maximum absolute atomic E-state index is 12.9. The largest absolute Gasteiger partial charge is 0.324 e. The molecule has 1 nitrogen and oxygen atoms in total. The Bertz CT molecular complexity index is 283. The van der Waals surface area contributed by atoms with Crippen LogP contribution >= 0.6 is 0 Å². The van der Waals surface area contributed by atoms with Crippen LogP contribution in [-0.2, 0) is 6.42 Å². The predicted molar refractivity (Wildman–Crippen MR) is 53.0 cm³/mol. The second kappa shape index (κ2) is 4.38. The van der Waals surface area contributed by atoms with Crippen LogP contribution in [0.1, 0.15) is 37.4 Å². The van der Waals surface area contributed by atoms with Crippen LogP contribution in [0.15, 0.2) is 18.2 Å². The Kier molecular flexibility index (Phi) is 3.43. The molecule has 72 valence electrons. The lowest BCUT2D eigenvalue weighted by Gasteiger charge is -2.13. The highest BCUT2D eigenvalue weighted by molar-refractivity contribution is 5.30. The molecule has 1 aromatic carbocycles. The minimum absolute atomic E-state index is 0.0364. The Balaban J connectivity index is 3.07. The lowest BCUT2D eigenvalue weighted by Crippen LogP contribution is -2.11. The van der Waals surface area contributed by atoms with Crippen molar-refractivity contribution in [1.29, 1.82) is 0 Å². The summed E-state index contributed by atoms with van der Waals surface area (Å²) in [6.07, 6.45) is 1.75. The van der Waals surface area contributed by atoms with Crippen molar-refractivity contribution in [2.45, 2.75) is 32.7 Å². The van der Waals surface area contributed by atoms with Gasteiger partial charge < -0.3 is 5.73 Å². The molecule has 0 aliphatic rings. The molecule has 0 amide bonds. The molecule has 13 heavy (non-hydrogen) atoms. The van der Waals surface area contributed by atoms with E-state index in [1.54, 1.807) is 6.07 Å². The summed E-state index contributed by atoms with van der Waals surface area (Å²) in [5.74, 6) is -0.198. The number of benzene rings is 1. The Morgan fingerprint density at radius 2 is 2.08 bits per heavy atom. The van der Waals surface area contributed by atoms with Gasteiger partial charge in [-0.2, -0.15) is 0 Å². The Hall–Kier alpha value is -0.890. The smallest absolute Gasteiger partial charge is 0.123 e. The topological polar surface area (TPSA) is 26.0 Å². The number of halogens is 1. The van der Waals surface area contributed by atoms with Gasteiger partial charge in [-0.25, -0.2) is 4.39 Å². The summed E-state index contributed by atoms with van der Waals surface area (Å²) in [7, 11) is 0. The lowest BCUT2D eigenvalue weighted by atomic mass is 9.97. The first-order valence-corrected chi connectivity index (χ1v) is 4.73. The van der Waals surface area contributed by atoms with Crippen molar-refractivity contribution in [3.8, 4) is 0 Å². The van der Waals surface area contributed by atoms with Gasteiger partial charge in [0.1, 0.15) is 5.82 Å². The summed E-state index contributed by atoms with van der Waals surface area (Å²) in [6.45, 7) is 4.06. The van der Waals surface area contributed by atoms with Crippen LogP contribution in [0.5, 0.6) is 0 Å². The van der Waals surface area contributed by atoms with Gasteiger partial charge in [0.2, 0.25) is 0 Å². The standard InChI is InChI=1S/C11H16FN/c1-3-8-5-6-9(12)7-10(8)11(13)4-2/h5-7,11H,3-4,13H2,1-2H3/t11-/m0/s1. The van der Waals surface area contributed by atoms with Crippen molar-refractivity contribution < 1.29 is 4.39 Å². The minimum atomic E-state index is -0.198. The molecule has 1 aromatic rings. The Labute approximate surface area is 78.8 Å². The number of rotatable bonds is 3. The minimum Gasteiger partial charge on any atom is -0.324 e. The molecule has 1 rings (SSSR count). The van der Waals surface area contributed by atoms with Gasteiger partial charge in [-0.15, -0.1) is 0 Å². The highest BCUT2D eigenvalue weighted by Gasteiger charge is 2.08. The maximum Gasteiger partial charge on any atom is 0.123 e. The lowest BCUT2D eigenvalue weighted by molar-refractivity contribution is 0.614. The summed E-state index contributed by atoms with van der Waals surface area (Å²) >= 11 is 0. The van der Waals surface area contributed by atoms with Crippen molar-refractivity contribution in [3.63, 3.8) is 0 Å². The Morgan fingerprint density at radius 3 is 2.62 bits per heavy atom. The van der Waals surface area contributed by atoms with Crippen LogP contribution in [-0.4, -0.2) is 0 Å². The highest BCUT2D eigenvalue weighted by atomic mass is 19.1. The normalized spacial score (nSPS) is 12.9. The fourth-order valence-electron chi connectivity index (χ4n) is 1.45. The third kappa shape index (κ3) is 2.28. The first-order chi connectivity index (χ1) is 6.19. The molecule has 0 aliphatic heterocycles. The molecule has 0 spiro atoms. The first-order valence-electron chi connectivity index (χ1n) is 4.73. The fourth-order valence-corrected chi connectivity index (χ4v) is 1.45. The molecule has 0 saturated heterocycles. The molecular formula is C11H16FN. The van der Waals surface area contributed by atoms with Crippen LogP contribution < -0.4 is 5.73 Å². The molecule has 1 atom stereocenters. The molecular weight excluding hydrogens is 165 g/mol. The molecule has 0 aromatic heterocycles. The van der Waals surface area contributed by atoms with Crippen LogP contribution in [0.3, 0.4) is 0 Å². The molecule has 0 heterocycles. The zero-order chi connectivity index (χ0) is 9.84. The summed E-state index contributed by atoms with van der Waals surface area (Å²) in [6, 6.07) is 4.82. The fraction of sp³-hybridized carbons (Fsp3) is 0.455. The number of hydrogen-bond acceptors (Lipinski definition) is 1. The van der Waals surface area contributed by atoms with Crippen LogP contribution in [0.4, 0.5) is 4.39 Å². The van der Waals surface area contributed by atoms with E-state index in [2.05, 4.69) is 6.92 Å². The molecule has 0 bridgehead atoms. The van der Waals surface area contributed by atoms with Crippen LogP contribution in [0.25, 0.3) is 0 Å². The van der Waals surface area contributed by atoms with Gasteiger partial charge in [-0.05, 0) is 36.1 Å². The average molecular weight is 181 g/mol. The van der Waals surface area contributed by atoms with E-state index < -0.39 is 0 Å². The second-order valence-corrected chi connectivity index (χ2v) is 3.21. The van der Waals surface area contributed by atoms with Crippen LogP contribution in [0, 0.1) is 5.82 Å². The average Bonchev–Trinajstić information content (AvgIpc) is 2.16. The summed E-state index contributed by atoms with van der Waals surface area (Å²) in [4.78, 5) is 0. The first kappa shape index (κ1) is 10.2. The number of aryl methyl sites for hydroxylation is 1. The zero-order valence-corrected chi connectivity index (χ0v) is 8.18. The quantitative estimate of drug-likeness (QED) is 0.762. The second-order valence-electron chi connectivity index (χ2n) is 3.21. The molecule has 0 aliphatic carbocycles. The highest BCUT2D eigenvalue weighted by Crippen LogP contribution is 2.20. The molecule has 0 radical (unpaired) electrons. The number of hydrogen-bond donors (Lipinski definition) is 1. The third-order valence-corrected chi connectivity index (χ3v) is 2.33. The summed E-state index contributed by atoms with van der Waals surface area (Å²) in [5, 5.41) is 0. The van der Waals surface area contributed by atoms with Gasteiger partial charge in [-0.3, -0.25) is 0 Å². The van der Waals surface area contributed by atoms with Gasteiger partial charge in [0, 0.05) is 6.04 Å². The van der Waals surface area contributed by atoms with E-state index in [-0.39, 0.29) is 11.9 Å². The van der Waals surface area contributed by atoms with Gasteiger partial charge in [0.15, 0.2) is 0 Å². The molecule has 0 fully saturated rings. The van der Waals surface area contributed by atoms with Gasteiger partial charge in [0.05, 0.1) is 0 Å². The third-order valence-electron chi connectivity index (χ3n) is 2.33. The van der Waals surface area contributed by atoms with E-state index in [9.17, 15) is 4.39 Å². The van der Waals surface area contributed by atoms with E-state index in [1.807, 2.05) is 13.0 Å².